The maximum Gasteiger partial charge on any atom is 0.0314 e. The van der Waals surface area contributed by atoms with Gasteiger partial charge in [-0.25, -0.2) is 0 Å². The predicted molar refractivity (Wildman–Crippen MR) is 72.6 cm³/mol. The lowest BCUT2D eigenvalue weighted by molar-refractivity contribution is 0.394. The Labute approximate surface area is 100 Å². The lowest BCUT2D eigenvalue weighted by Gasteiger charge is -2.26. The first-order valence-corrected chi connectivity index (χ1v) is 6.31. The summed E-state index contributed by atoms with van der Waals surface area (Å²) in [6, 6.07) is 8.32. The molecule has 0 radical (unpaired) electrons. The molecule has 1 unspecified atom stereocenters. The minimum Gasteiger partial charge on any atom is -0.399 e. The van der Waals surface area contributed by atoms with E-state index in [1.54, 1.807) is 0 Å². The second-order valence-electron chi connectivity index (χ2n) is 5.56. The summed E-state index contributed by atoms with van der Waals surface area (Å²) < 4.78 is 0. The van der Waals surface area contributed by atoms with Crippen LogP contribution in [0.15, 0.2) is 24.3 Å². The molecule has 0 saturated carbocycles. The third-order valence-electron chi connectivity index (χ3n) is 3.65. The monoisotopic (exact) mass is 219 g/mol. The Balaban J connectivity index is 2.66. The average molecular weight is 219 g/mol. The second-order valence-corrected chi connectivity index (χ2v) is 5.56. The molecule has 90 valence electrons. The van der Waals surface area contributed by atoms with Crippen LogP contribution < -0.4 is 5.73 Å². The molecule has 0 heterocycles. The van der Waals surface area contributed by atoms with Gasteiger partial charge < -0.3 is 5.73 Å². The summed E-state index contributed by atoms with van der Waals surface area (Å²) in [4.78, 5) is 0. The highest BCUT2D eigenvalue weighted by Crippen LogP contribution is 2.30. The molecule has 1 heteroatoms. The van der Waals surface area contributed by atoms with Crippen molar-refractivity contribution in [1.29, 1.82) is 0 Å². The Morgan fingerprint density at radius 1 is 1.19 bits per heavy atom. The van der Waals surface area contributed by atoms with Crippen LogP contribution in [0.5, 0.6) is 0 Å². The van der Waals surface area contributed by atoms with Crippen molar-refractivity contribution in [3.63, 3.8) is 0 Å². The van der Waals surface area contributed by atoms with Crippen LogP contribution in [0.3, 0.4) is 0 Å². The summed E-state index contributed by atoms with van der Waals surface area (Å²) >= 11 is 0. The summed E-state index contributed by atoms with van der Waals surface area (Å²) in [5, 5.41) is 0. The van der Waals surface area contributed by atoms with Crippen LogP contribution in [-0.4, -0.2) is 0 Å². The smallest absolute Gasteiger partial charge is 0.0314 e. The Morgan fingerprint density at radius 2 is 1.75 bits per heavy atom. The van der Waals surface area contributed by atoms with E-state index in [0.29, 0.717) is 0 Å². The van der Waals surface area contributed by atoms with Crippen molar-refractivity contribution in [2.24, 2.45) is 5.92 Å². The fourth-order valence-corrected chi connectivity index (χ4v) is 1.89. The maximum atomic E-state index is 5.71. The highest BCUT2D eigenvalue weighted by atomic mass is 14.5. The van der Waals surface area contributed by atoms with Gasteiger partial charge in [0.05, 0.1) is 0 Å². The molecule has 16 heavy (non-hydrogen) atoms. The molecule has 0 aliphatic heterocycles. The number of nitrogens with two attached hydrogens (primary N) is 1. The van der Waals surface area contributed by atoms with Crippen molar-refractivity contribution >= 4 is 5.69 Å². The van der Waals surface area contributed by atoms with Crippen LogP contribution in [0, 0.1) is 5.92 Å². The normalized spacial score (nSPS) is 13.8. The number of nitrogen functional groups attached to an aromatic ring is 1. The van der Waals surface area contributed by atoms with Crippen molar-refractivity contribution in [3.05, 3.63) is 29.8 Å². The Kier molecular flexibility index (Phi) is 4.40. The molecule has 1 atom stereocenters. The number of benzene rings is 1. The average Bonchev–Trinajstić information content (AvgIpc) is 2.26. The lowest BCUT2D eigenvalue weighted by Crippen LogP contribution is -2.18. The Hall–Kier alpha value is -0.980. The first-order chi connectivity index (χ1) is 7.45. The number of hydrogen-bond donors (Lipinski definition) is 1. The van der Waals surface area contributed by atoms with Crippen LogP contribution in [0.2, 0.25) is 0 Å². The van der Waals surface area contributed by atoms with E-state index in [4.69, 9.17) is 5.73 Å². The van der Waals surface area contributed by atoms with Crippen molar-refractivity contribution in [2.75, 3.05) is 5.73 Å². The van der Waals surface area contributed by atoms with E-state index in [1.165, 1.54) is 24.8 Å². The van der Waals surface area contributed by atoms with Gasteiger partial charge in [0, 0.05) is 5.69 Å². The van der Waals surface area contributed by atoms with Crippen LogP contribution >= 0.6 is 0 Å². The highest BCUT2D eigenvalue weighted by Gasteiger charge is 2.20. The molecule has 0 fully saturated rings. The van der Waals surface area contributed by atoms with Gasteiger partial charge in [0.1, 0.15) is 0 Å². The van der Waals surface area contributed by atoms with E-state index in [9.17, 15) is 0 Å². The second kappa shape index (κ2) is 5.38. The molecule has 0 bridgehead atoms. The summed E-state index contributed by atoms with van der Waals surface area (Å²) in [5.41, 5.74) is 8.22. The molecular formula is C15H25N. The quantitative estimate of drug-likeness (QED) is 0.731. The van der Waals surface area contributed by atoms with Gasteiger partial charge in [-0.05, 0) is 41.9 Å². The van der Waals surface area contributed by atoms with Crippen molar-refractivity contribution in [3.8, 4) is 0 Å². The molecule has 0 aliphatic rings. The largest absolute Gasteiger partial charge is 0.399 e. The van der Waals surface area contributed by atoms with Crippen LogP contribution in [0.25, 0.3) is 0 Å². The van der Waals surface area contributed by atoms with E-state index in [0.717, 1.165) is 11.6 Å². The molecule has 0 spiro atoms. The minimum atomic E-state index is 0.261. The molecule has 0 aliphatic carbocycles. The molecule has 0 amide bonds. The minimum absolute atomic E-state index is 0.261. The molecule has 1 aromatic carbocycles. The van der Waals surface area contributed by atoms with Crippen LogP contribution in [0.4, 0.5) is 5.69 Å². The molecule has 0 saturated heterocycles. The van der Waals surface area contributed by atoms with E-state index < -0.39 is 0 Å². The third-order valence-corrected chi connectivity index (χ3v) is 3.65. The van der Waals surface area contributed by atoms with Gasteiger partial charge in [0.15, 0.2) is 0 Å². The third kappa shape index (κ3) is 3.55. The van der Waals surface area contributed by atoms with Crippen LogP contribution in [-0.2, 0) is 5.41 Å². The molecule has 1 rings (SSSR count). The molecule has 1 aromatic rings. The van der Waals surface area contributed by atoms with Gasteiger partial charge in [0.2, 0.25) is 0 Å². The van der Waals surface area contributed by atoms with Gasteiger partial charge in [-0.3, -0.25) is 0 Å². The summed E-state index contributed by atoms with van der Waals surface area (Å²) in [7, 11) is 0. The zero-order valence-electron chi connectivity index (χ0n) is 11.1. The Bertz CT molecular complexity index is 311. The number of anilines is 1. The molecular weight excluding hydrogens is 194 g/mol. The van der Waals surface area contributed by atoms with E-state index in [-0.39, 0.29) is 5.41 Å². The summed E-state index contributed by atoms with van der Waals surface area (Å²) in [6.07, 6.45) is 3.82. The van der Waals surface area contributed by atoms with Gasteiger partial charge in [-0.15, -0.1) is 0 Å². The topological polar surface area (TPSA) is 26.0 Å². The van der Waals surface area contributed by atoms with Gasteiger partial charge >= 0.3 is 0 Å². The molecule has 0 aromatic heterocycles. The summed E-state index contributed by atoms with van der Waals surface area (Å²) in [6.45, 7) is 9.24. The van der Waals surface area contributed by atoms with Crippen molar-refractivity contribution in [1.82, 2.24) is 0 Å². The Morgan fingerprint density at radius 3 is 2.25 bits per heavy atom. The van der Waals surface area contributed by atoms with Crippen LogP contribution in [0.1, 0.15) is 52.5 Å². The fraction of sp³-hybridized carbons (Fsp3) is 0.600. The lowest BCUT2D eigenvalue weighted by atomic mass is 9.78. The van der Waals surface area contributed by atoms with Gasteiger partial charge in [0.25, 0.3) is 0 Å². The first-order valence-electron chi connectivity index (χ1n) is 6.31. The standard InChI is InChI=1S/C15H25N/c1-5-12(2)10-11-15(3,4)13-6-8-14(16)9-7-13/h6-9,12H,5,10-11,16H2,1-4H3. The molecule has 2 N–H and O–H groups in total. The first kappa shape index (κ1) is 13.1. The van der Waals surface area contributed by atoms with Crippen molar-refractivity contribution in [2.45, 2.75) is 52.4 Å². The van der Waals surface area contributed by atoms with E-state index in [1.807, 2.05) is 12.1 Å². The molecule has 1 nitrogen and oxygen atoms in total. The van der Waals surface area contributed by atoms with Crippen molar-refractivity contribution < 1.29 is 0 Å². The summed E-state index contributed by atoms with van der Waals surface area (Å²) in [5.74, 6) is 0.827. The highest BCUT2D eigenvalue weighted by molar-refractivity contribution is 5.41. The van der Waals surface area contributed by atoms with Gasteiger partial charge in [-0.1, -0.05) is 46.2 Å². The predicted octanol–water partition coefficient (Wildman–Crippen LogP) is 4.37. The maximum absolute atomic E-state index is 5.71. The van der Waals surface area contributed by atoms with Gasteiger partial charge in [-0.2, -0.15) is 0 Å². The SMILES string of the molecule is CCC(C)CCC(C)(C)c1ccc(N)cc1. The van der Waals surface area contributed by atoms with E-state index >= 15 is 0 Å². The van der Waals surface area contributed by atoms with E-state index in [2.05, 4.69) is 39.8 Å². The number of hydrogen-bond acceptors (Lipinski definition) is 1. The zero-order chi connectivity index (χ0) is 12.2. The fourth-order valence-electron chi connectivity index (χ4n) is 1.89. The number of rotatable bonds is 5. The zero-order valence-corrected chi connectivity index (χ0v) is 11.1.